The van der Waals surface area contributed by atoms with Gasteiger partial charge in [-0.25, -0.2) is 4.98 Å². The molecule has 1 amide bonds. The largest absolute Gasteiger partial charge is 0.486 e. The Morgan fingerprint density at radius 2 is 1.79 bits per heavy atom. The van der Waals surface area contributed by atoms with E-state index in [0.29, 0.717) is 17.4 Å². The van der Waals surface area contributed by atoms with Gasteiger partial charge in [0, 0.05) is 11.6 Å². The summed E-state index contributed by atoms with van der Waals surface area (Å²) in [4.78, 5) is 17.3. The van der Waals surface area contributed by atoms with Crippen LogP contribution in [0.25, 0.3) is 11.0 Å². The van der Waals surface area contributed by atoms with Crippen molar-refractivity contribution in [2.75, 3.05) is 0 Å². The number of fused-ring (bicyclic) bond motifs is 1. The van der Waals surface area contributed by atoms with Crippen LogP contribution in [-0.2, 0) is 24.5 Å². The molecule has 0 unspecified atom stereocenters. The Kier molecular flexibility index (Phi) is 5.77. The Labute approximate surface area is 173 Å². The highest BCUT2D eigenvalue weighted by atomic mass is 35.5. The van der Waals surface area contributed by atoms with Crippen LogP contribution in [0.5, 0.6) is 5.75 Å². The van der Waals surface area contributed by atoms with Crippen molar-refractivity contribution in [2.24, 2.45) is 0 Å². The third-order valence-electron chi connectivity index (χ3n) is 4.53. The summed E-state index contributed by atoms with van der Waals surface area (Å²) >= 11 is 6.01. The highest BCUT2D eigenvalue weighted by Crippen LogP contribution is 2.18. The van der Waals surface area contributed by atoms with Gasteiger partial charge in [0.15, 0.2) is 0 Å². The molecule has 0 aliphatic rings. The van der Waals surface area contributed by atoms with E-state index < -0.39 is 0 Å². The molecule has 6 heteroatoms. The van der Waals surface area contributed by atoms with E-state index in [1.807, 2.05) is 83.4 Å². The minimum absolute atomic E-state index is 0.103. The lowest BCUT2D eigenvalue weighted by atomic mass is 10.2. The molecule has 1 aromatic heterocycles. The van der Waals surface area contributed by atoms with E-state index in [0.717, 1.165) is 22.3 Å². The first-order chi connectivity index (χ1) is 14.2. The quantitative estimate of drug-likeness (QED) is 0.489. The van der Waals surface area contributed by atoms with Crippen LogP contribution in [-0.4, -0.2) is 15.5 Å². The first-order valence-electron chi connectivity index (χ1n) is 9.32. The van der Waals surface area contributed by atoms with Gasteiger partial charge in [-0.1, -0.05) is 54.1 Å². The zero-order valence-corrected chi connectivity index (χ0v) is 16.5. The number of nitrogens with zero attached hydrogens (tertiary/aromatic N) is 2. The maximum absolute atomic E-state index is 12.6. The molecule has 0 saturated heterocycles. The maximum atomic E-state index is 12.6. The number of hydrogen-bond acceptors (Lipinski definition) is 3. The number of carbonyl (C=O) groups excluding carboxylic acids is 1. The normalized spacial score (nSPS) is 10.8. The molecule has 4 rings (SSSR count). The summed E-state index contributed by atoms with van der Waals surface area (Å²) in [6.07, 6.45) is 0. The number of carbonyl (C=O) groups is 1. The van der Waals surface area contributed by atoms with Crippen molar-refractivity contribution < 1.29 is 9.53 Å². The van der Waals surface area contributed by atoms with Crippen molar-refractivity contribution >= 4 is 28.5 Å². The molecule has 0 spiro atoms. The van der Waals surface area contributed by atoms with Crippen LogP contribution in [0.15, 0.2) is 78.9 Å². The minimum Gasteiger partial charge on any atom is -0.486 e. The number of hydrogen-bond donors (Lipinski definition) is 1. The molecule has 0 fully saturated rings. The van der Waals surface area contributed by atoms with Gasteiger partial charge in [0.1, 0.15) is 24.7 Å². The van der Waals surface area contributed by atoms with Gasteiger partial charge >= 0.3 is 0 Å². The van der Waals surface area contributed by atoms with Crippen LogP contribution in [0.2, 0.25) is 5.02 Å². The molecule has 0 saturated carbocycles. The van der Waals surface area contributed by atoms with E-state index >= 15 is 0 Å². The SMILES string of the molecule is O=C(Cn1c(COc2ccccc2)nc2ccccc21)NCc1cccc(Cl)c1. The predicted octanol–water partition coefficient (Wildman–Crippen LogP) is 4.59. The number of ether oxygens (including phenoxy) is 1. The molecule has 0 atom stereocenters. The van der Waals surface area contributed by atoms with Gasteiger partial charge in [-0.2, -0.15) is 0 Å². The number of halogens is 1. The summed E-state index contributed by atoms with van der Waals surface area (Å²) in [5, 5.41) is 3.59. The van der Waals surface area contributed by atoms with Crippen molar-refractivity contribution in [2.45, 2.75) is 19.7 Å². The van der Waals surface area contributed by atoms with Crippen LogP contribution in [0.4, 0.5) is 0 Å². The lowest BCUT2D eigenvalue weighted by Gasteiger charge is -2.11. The van der Waals surface area contributed by atoms with E-state index in [9.17, 15) is 4.79 Å². The second kappa shape index (κ2) is 8.80. The van der Waals surface area contributed by atoms with Gasteiger partial charge in [0.05, 0.1) is 11.0 Å². The summed E-state index contributed by atoms with van der Waals surface area (Å²) in [7, 11) is 0. The molecule has 0 radical (unpaired) electrons. The Bertz CT molecular complexity index is 1130. The van der Waals surface area contributed by atoms with Gasteiger partial charge < -0.3 is 14.6 Å². The predicted molar refractivity (Wildman–Crippen MR) is 114 cm³/mol. The zero-order valence-electron chi connectivity index (χ0n) is 15.7. The molecule has 0 aliphatic carbocycles. The van der Waals surface area contributed by atoms with Crippen molar-refractivity contribution in [3.8, 4) is 5.75 Å². The fourth-order valence-corrected chi connectivity index (χ4v) is 3.34. The summed E-state index contributed by atoms with van der Waals surface area (Å²) < 4.78 is 7.75. The van der Waals surface area contributed by atoms with E-state index in [2.05, 4.69) is 10.3 Å². The van der Waals surface area contributed by atoms with Crippen LogP contribution >= 0.6 is 11.6 Å². The molecule has 4 aromatic rings. The van der Waals surface area contributed by atoms with Crippen molar-refractivity contribution in [3.05, 3.63) is 95.3 Å². The Balaban J connectivity index is 1.49. The number of nitrogens with one attached hydrogen (secondary N) is 1. The van der Waals surface area contributed by atoms with Crippen LogP contribution in [0, 0.1) is 0 Å². The average Bonchev–Trinajstić information content (AvgIpc) is 3.09. The van der Waals surface area contributed by atoms with Gasteiger partial charge in [0.25, 0.3) is 0 Å². The lowest BCUT2D eigenvalue weighted by molar-refractivity contribution is -0.121. The number of benzene rings is 3. The third-order valence-corrected chi connectivity index (χ3v) is 4.76. The Hall–Kier alpha value is -3.31. The molecule has 1 heterocycles. The summed E-state index contributed by atoms with van der Waals surface area (Å²) in [5.41, 5.74) is 2.69. The van der Waals surface area contributed by atoms with E-state index in [4.69, 9.17) is 16.3 Å². The molecule has 0 aliphatic heterocycles. The van der Waals surface area contributed by atoms with Crippen LogP contribution < -0.4 is 10.1 Å². The van der Waals surface area contributed by atoms with Gasteiger partial charge in [-0.15, -0.1) is 0 Å². The van der Waals surface area contributed by atoms with Crippen molar-refractivity contribution in [3.63, 3.8) is 0 Å². The first-order valence-corrected chi connectivity index (χ1v) is 9.70. The molecule has 5 nitrogen and oxygen atoms in total. The minimum atomic E-state index is -0.103. The van der Waals surface area contributed by atoms with Crippen LogP contribution in [0.1, 0.15) is 11.4 Å². The monoisotopic (exact) mass is 405 g/mol. The molecule has 3 aromatic carbocycles. The fraction of sp³-hybridized carbons (Fsp3) is 0.130. The molecule has 146 valence electrons. The smallest absolute Gasteiger partial charge is 0.240 e. The van der Waals surface area contributed by atoms with E-state index in [1.54, 1.807) is 0 Å². The maximum Gasteiger partial charge on any atom is 0.240 e. The number of para-hydroxylation sites is 3. The highest BCUT2D eigenvalue weighted by molar-refractivity contribution is 6.30. The zero-order chi connectivity index (χ0) is 20.1. The van der Waals surface area contributed by atoms with E-state index in [-0.39, 0.29) is 19.1 Å². The fourth-order valence-electron chi connectivity index (χ4n) is 3.12. The van der Waals surface area contributed by atoms with Crippen LogP contribution in [0.3, 0.4) is 0 Å². The Morgan fingerprint density at radius 3 is 2.62 bits per heavy atom. The molecule has 1 N–H and O–H groups in total. The van der Waals surface area contributed by atoms with Gasteiger partial charge in [-0.3, -0.25) is 4.79 Å². The second-order valence-corrected chi connectivity index (χ2v) is 7.05. The molecular formula is C23H20ClN3O2. The van der Waals surface area contributed by atoms with Crippen molar-refractivity contribution in [1.29, 1.82) is 0 Å². The third kappa shape index (κ3) is 4.76. The van der Waals surface area contributed by atoms with E-state index in [1.165, 1.54) is 0 Å². The molecular weight excluding hydrogens is 386 g/mol. The molecule has 0 bridgehead atoms. The summed E-state index contributed by atoms with van der Waals surface area (Å²) in [5.74, 6) is 1.36. The van der Waals surface area contributed by atoms with Gasteiger partial charge in [0.2, 0.25) is 5.91 Å². The summed E-state index contributed by atoms with van der Waals surface area (Å²) in [6, 6.07) is 24.8. The standard InChI is InChI=1S/C23H20ClN3O2/c24-18-8-6-7-17(13-18)14-25-23(28)15-27-21-12-5-4-11-20(21)26-22(27)16-29-19-9-2-1-3-10-19/h1-13H,14-16H2,(H,25,28). The average molecular weight is 406 g/mol. The highest BCUT2D eigenvalue weighted by Gasteiger charge is 2.14. The molecule has 29 heavy (non-hydrogen) atoms. The number of imidazole rings is 1. The first kappa shape index (κ1) is 19.0. The van der Waals surface area contributed by atoms with Gasteiger partial charge in [-0.05, 0) is 42.0 Å². The summed E-state index contributed by atoms with van der Waals surface area (Å²) in [6.45, 7) is 0.858. The van der Waals surface area contributed by atoms with Crippen molar-refractivity contribution in [1.82, 2.24) is 14.9 Å². The number of rotatable bonds is 7. The second-order valence-electron chi connectivity index (χ2n) is 6.61. The topological polar surface area (TPSA) is 56.2 Å². The number of amides is 1. The Morgan fingerprint density at radius 1 is 1.00 bits per heavy atom. The number of aromatic nitrogens is 2. The lowest BCUT2D eigenvalue weighted by Crippen LogP contribution is -2.28.